The zero-order valence-electron chi connectivity index (χ0n) is 15.4. The Hall–Kier alpha value is -3.28. The summed E-state index contributed by atoms with van der Waals surface area (Å²) in [5, 5.41) is 19.1. The van der Waals surface area contributed by atoms with Crippen molar-refractivity contribution < 1.29 is 24.5 Å². The maximum absolute atomic E-state index is 11.2. The zero-order valence-corrected chi connectivity index (χ0v) is 15.4. The Morgan fingerprint density at radius 2 is 1.85 bits per heavy atom. The molecule has 0 spiro atoms. The molecule has 0 radical (unpaired) electrons. The number of benzene rings is 2. The highest BCUT2D eigenvalue weighted by molar-refractivity contribution is 5.95. The van der Waals surface area contributed by atoms with Crippen LogP contribution in [-0.2, 0) is 11.3 Å². The summed E-state index contributed by atoms with van der Waals surface area (Å²) in [6, 6.07) is 12.5. The topological polar surface area (TPSA) is 88.8 Å². The Bertz CT molecular complexity index is 1030. The number of aromatic nitrogens is 1. The molecule has 0 aliphatic heterocycles. The number of nitrogens with zero attached hydrogens (tertiary/aromatic N) is 1. The number of fused-ring (bicyclic) bond motifs is 1. The first-order valence-corrected chi connectivity index (χ1v) is 8.59. The van der Waals surface area contributed by atoms with E-state index in [4.69, 9.17) is 9.84 Å². The summed E-state index contributed by atoms with van der Waals surface area (Å²) in [6.45, 7) is 6.04. The molecule has 0 unspecified atom stereocenters. The largest absolute Gasteiger partial charge is 0.479 e. The van der Waals surface area contributed by atoms with E-state index >= 15 is 0 Å². The second-order valence-corrected chi connectivity index (χ2v) is 6.58. The third kappa shape index (κ3) is 3.65. The van der Waals surface area contributed by atoms with Crippen molar-refractivity contribution in [1.29, 1.82) is 0 Å². The van der Waals surface area contributed by atoms with Crippen molar-refractivity contribution in [2.45, 2.75) is 33.4 Å². The molecule has 2 N–H and O–H groups in total. The Labute approximate surface area is 156 Å². The van der Waals surface area contributed by atoms with Crippen LogP contribution in [0.2, 0.25) is 0 Å². The maximum atomic E-state index is 11.2. The van der Waals surface area contributed by atoms with Gasteiger partial charge in [0.2, 0.25) is 0 Å². The fourth-order valence-corrected chi connectivity index (χ4v) is 3.14. The van der Waals surface area contributed by atoms with E-state index in [0.717, 1.165) is 27.7 Å². The van der Waals surface area contributed by atoms with Crippen molar-refractivity contribution in [3.63, 3.8) is 0 Å². The molecule has 27 heavy (non-hydrogen) atoms. The van der Waals surface area contributed by atoms with Crippen molar-refractivity contribution in [3.05, 3.63) is 64.8 Å². The van der Waals surface area contributed by atoms with E-state index < -0.39 is 18.0 Å². The number of carboxylic acids is 2. The van der Waals surface area contributed by atoms with Crippen LogP contribution in [0.3, 0.4) is 0 Å². The highest BCUT2D eigenvalue weighted by Gasteiger charge is 2.15. The highest BCUT2D eigenvalue weighted by Crippen LogP contribution is 2.28. The van der Waals surface area contributed by atoms with Gasteiger partial charge in [-0.25, -0.2) is 9.59 Å². The summed E-state index contributed by atoms with van der Waals surface area (Å²) in [6.07, 6.45) is -0.925. The number of aliphatic carboxylic acids is 1. The lowest BCUT2D eigenvalue weighted by Crippen LogP contribution is -2.22. The first kappa shape index (κ1) is 18.5. The van der Waals surface area contributed by atoms with Gasteiger partial charge in [0.25, 0.3) is 0 Å². The second-order valence-electron chi connectivity index (χ2n) is 6.58. The third-order valence-electron chi connectivity index (χ3n) is 4.79. The molecule has 3 rings (SSSR count). The lowest BCUT2D eigenvalue weighted by Gasteiger charge is -2.13. The average Bonchev–Trinajstić information content (AvgIpc) is 2.86. The van der Waals surface area contributed by atoms with Crippen molar-refractivity contribution in [2.75, 3.05) is 0 Å². The van der Waals surface area contributed by atoms with Gasteiger partial charge in [-0.2, -0.15) is 0 Å². The molecule has 0 fully saturated rings. The summed E-state index contributed by atoms with van der Waals surface area (Å²) in [7, 11) is 0. The van der Waals surface area contributed by atoms with Gasteiger partial charge in [0.05, 0.1) is 5.56 Å². The molecule has 0 aliphatic carbocycles. The van der Waals surface area contributed by atoms with E-state index in [0.29, 0.717) is 12.3 Å². The van der Waals surface area contributed by atoms with E-state index in [1.807, 2.05) is 38.1 Å². The predicted octanol–water partition coefficient (Wildman–Crippen LogP) is 3.86. The highest BCUT2D eigenvalue weighted by atomic mass is 16.5. The van der Waals surface area contributed by atoms with Crippen LogP contribution in [0, 0.1) is 13.8 Å². The molecule has 6 nitrogen and oxygen atoms in total. The van der Waals surface area contributed by atoms with Gasteiger partial charge in [-0.05, 0) is 62.2 Å². The number of rotatable bonds is 6. The van der Waals surface area contributed by atoms with Crippen molar-refractivity contribution in [1.82, 2.24) is 4.57 Å². The van der Waals surface area contributed by atoms with Crippen LogP contribution in [0.4, 0.5) is 0 Å². The van der Waals surface area contributed by atoms with Crippen LogP contribution in [0.1, 0.15) is 34.1 Å². The van der Waals surface area contributed by atoms with Crippen molar-refractivity contribution in [2.24, 2.45) is 0 Å². The van der Waals surface area contributed by atoms with E-state index in [1.54, 1.807) is 18.2 Å². The lowest BCUT2D eigenvalue weighted by atomic mass is 10.1. The third-order valence-corrected chi connectivity index (χ3v) is 4.79. The molecule has 0 bridgehead atoms. The summed E-state index contributed by atoms with van der Waals surface area (Å²) >= 11 is 0. The molecule has 1 atom stereocenters. The Morgan fingerprint density at radius 1 is 1.11 bits per heavy atom. The van der Waals surface area contributed by atoms with Gasteiger partial charge in [-0.3, -0.25) is 0 Å². The molecule has 1 heterocycles. The minimum Gasteiger partial charge on any atom is -0.479 e. The SMILES string of the molecule is Cc1c(C)n(Cc2cccc(O[C@H](C)C(=O)O)c2)c2ccc(C(=O)O)cc12. The molecule has 3 aromatic rings. The lowest BCUT2D eigenvalue weighted by molar-refractivity contribution is -0.144. The molecule has 2 aromatic carbocycles. The van der Waals surface area contributed by atoms with Gasteiger partial charge >= 0.3 is 11.9 Å². The van der Waals surface area contributed by atoms with Gasteiger partial charge in [0.1, 0.15) is 5.75 Å². The zero-order chi connectivity index (χ0) is 19.7. The van der Waals surface area contributed by atoms with Gasteiger partial charge in [0, 0.05) is 23.1 Å². The summed E-state index contributed by atoms with van der Waals surface area (Å²) in [5.74, 6) is -1.46. The molecule has 6 heteroatoms. The molecule has 0 amide bonds. The van der Waals surface area contributed by atoms with E-state index in [9.17, 15) is 14.7 Å². The summed E-state index contributed by atoms with van der Waals surface area (Å²) in [4.78, 5) is 22.2. The minimum atomic E-state index is -1.02. The summed E-state index contributed by atoms with van der Waals surface area (Å²) < 4.78 is 7.57. The van der Waals surface area contributed by atoms with Crippen LogP contribution in [0.15, 0.2) is 42.5 Å². The fraction of sp³-hybridized carbons (Fsp3) is 0.238. The van der Waals surface area contributed by atoms with Crippen LogP contribution >= 0.6 is 0 Å². The number of aryl methyl sites for hydroxylation is 1. The molecular formula is C21H21NO5. The molecule has 0 saturated carbocycles. The van der Waals surface area contributed by atoms with Crippen LogP contribution in [-0.4, -0.2) is 32.8 Å². The predicted molar refractivity (Wildman–Crippen MR) is 102 cm³/mol. The number of ether oxygens (including phenoxy) is 1. The van der Waals surface area contributed by atoms with Crippen LogP contribution < -0.4 is 4.74 Å². The first-order valence-electron chi connectivity index (χ1n) is 8.59. The maximum Gasteiger partial charge on any atom is 0.344 e. The monoisotopic (exact) mass is 367 g/mol. The van der Waals surface area contributed by atoms with Crippen LogP contribution in [0.25, 0.3) is 10.9 Å². The first-order chi connectivity index (χ1) is 12.8. The number of hydrogen-bond acceptors (Lipinski definition) is 3. The number of aromatic carboxylic acids is 1. The molecule has 140 valence electrons. The summed E-state index contributed by atoms with van der Waals surface area (Å²) in [5.41, 5.74) is 4.28. The smallest absolute Gasteiger partial charge is 0.344 e. The van der Waals surface area contributed by atoms with Gasteiger partial charge in [-0.15, -0.1) is 0 Å². The van der Waals surface area contributed by atoms with Crippen molar-refractivity contribution in [3.8, 4) is 5.75 Å². The Morgan fingerprint density at radius 3 is 2.52 bits per heavy atom. The van der Waals surface area contributed by atoms with E-state index in [-0.39, 0.29) is 5.56 Å². The molecule has 0 saturated heterocycles. The van der Waals surface area contributed by atoms with Gasteiger partial charge in [0.15, 0.2) is 6.10 Å². The van der Waals surface area contributed by atoms with Crippen LogP contribution in [0.5, 0.6) is 5.75 Å². The minimum absolute atomic E-state index is 0.265. The fourth-order valence-electron chi connectivity index (χ4n) is 3.14. The second kappa shape index (κ2) is 7.15. The number of carbonyl (C=O) groups is 2. The van der Waals surface area contributed by atoms with E-state index in [1.165, 1.54) is 6.92 Å². The molecule has 0 aliphatic rings. The average molecular weight is 367 g/mol. The van der Waals surface area contributed by atoms with E-state index in [2.05, 4.69) is 4.57 Å². The Balaban J connectivity index is 1.96. The van der Waals surface area contributed by atoms with Gasteiger partial charge < -0.3 is 19.5 Å². The number of hydrogen-bond donors (Lipinski definition) is 2. The van der Waals surface area contributed by atoms with Gasteiger partial charge in [-0.1, -0.05) is 12.1 Å². The quantitative estimate of drug-likeness (QED) is 0.691. The molecular weight excluding hydrogens is 346 g/mol. The standard InChI is InChI=1S/C21H21NO5/c1-12-13(2)22(19-8-7-16(21(25)26)10-18(12)19)11-15-5-4-6-17(9-15)27-14(3)20(23)24/h4-10,14H,11H2,1-3H3,(H,23,24)(H,25,26)/t14-/m1/s1. The number of carboxylic acid groups (broad SMARTS) is 2. The molecule has 1 aromatic heterocycles. The Kier molecular flexibility index (Phi) is 4.90. The normalized spacial score (nSPS) is 12.1. The van der Waals surface area contributed by atoms with Crippen molar-refractivity contribution >= 4 is 22.8 Å².